The molecular weight excluding hydrogens is 292 g/mol. The first-order valence-electron chi connectivity index (χ1n) is 7.53. The number of anilines is 1. The summed E-state index contributed by atoms with van der Waals surface area (Å²) in [7, 11) is 2.10. The first kappa shape index (κ1) is 15.0. The van der Waals surface area contributed by atoms with E-state index in [1.165, 1.54) is 5.69 Å². The minimum absolute atomic E-state index is 0.747. The molecule has 3 rings (SSSR count). The van der Waals surface area contributed by atoms with Gasteiger partial charge in [0.25, 0.3) is 0 Å². The Balaban J connectivity index is 1.84. The van der Waals surface area contributed by atoms with Crippen LogP contribution in [0.25, 0.3) is 12.2 Å². The van der Waals surface area contributed by atoms with Gasteiger partial charge in [0.2, 0.25) is 5.69 Å². The van der Waals surface area contributed by atoms with Crippen LogP contribution in [0.15, 0.2) is 42.6 Å². The SMILES string of the molecule is CN1CCOc2cc(/C=C/c3cccc[n+]3CCS)ccc21. The van der Waals surface area contributed by atoms with Crippen LogP contribution in [0.3, 0.4) is 0 Å². The van der Waals surface area contributed by atoms with Crippen molar-refractivity contribution < 1.29 is 9.30 Å². The molecule has 1 aliphatic rings. The van der Waals surface area contributed by atoms with E-state index < -0.39 is 0 Å². The number of ether oxygens (including phenoxy) is 1. The standard InChI is InChI=1S/C18H20N2OS/c1-19-10-12-21-18-14-15(6-8-17(18)19)5-7-16-4-2-3-9-20(16)11-13-22/h2-9,14H,10-13H2,1H3/p+1. The van der Waals surface area contributed by atoms with Crippen LogP contribution >= 0.6 is 12.6 Å². The molecule has 0 N–H and O–H groups in total. The van der Waals surface area contributed by atoms with E-state index in [0.29, 0.717) is 0 Å². The molecule has 1 aliphatic heterocycles. The third kappa shape index (κ3) is 3.28. The largest absolute Gasteiger partial charge is 0.490 e. The van der Waals surface area contributed by atoms with Gasteiger partial charge in [0.1, 0.15) is 12.4 Å². The van der Waals surface area contributed by atoms with Gasteiger partial charge in [-0.25, -0.2) is 0 Å². The van der Waals surface area contributed by atoms with E-state index in [9.17, 15) is 0 Å². The molecule has 0 spiro atoms. The van der Waals surface area contributed by atoms with Crippen molar-refractivity contribution in [1.82, 2.24) is 0 Å². The smallest absolute Gasteiger partial charge is 0.205 e. The Kier molecular flexibility index (Phi) is 4.68. The summed E-state index contributed by atoms with van der Waals surface area (Å²) in [6.45, 7) is 2.59. The van der Waals surface area contributed by atoms with Gasteiger partial charge in [0.05, 0.1) is 12.2 Å². The fraction of sp³-hybridized carbons (Fsp3) is 0.278. The molecule has 0 amide bonds. The van der Waals surface area contributed by atoms with Gasteiger partial charge in [-0.2, -0.15) is 17.2 Å². The lowest BCUT2D eigenvalue weighted by Gasteiger charge is -2.27. The van der Waals surface area contributed by atoms with Crippen molar-refractivity contribution >= 4 is 30.5 Å². The van der Waals surface area contributed by atoms with Crippen molar-refractivity contribution in [3.8, 4) is 5.75 Å². The summed E-state index contributed by atoms with van der Waals surface area (Å²) in [5.41, 5.74) is 3.48. The molecule has 0 atom stereocenters. The van der Waals surface area contributed by atoms with Crippen LogP contribution in [0.2, 0.25) is 0 Å². The molecule has 22 heavy (non-hydrogen) atoms. The van der Waals surface area contributed by atoms with E-state index in [-0.39, 0.29) is 0 Å². The number of likely N-dealkylation sites (N-methyl/N-ethyl adjacent to an activating group) is 1. The molecule has 1 aromatic carbocycles. The van der Waals surface area contributed by atoms with Crippen molar-refractivity contribution in [3.05, 3.63) is 53.9 Å². The summed E-state index contributed by atoms with van der Waals surface area (Å²) in [4.78, 5) is 2.23. The minimum Gasteiger partial charge on any atom is -0.490 e. The Bertz CT molecular complexity index is 685. The van der Waals surface area contributed by atoms with E-state index >= 15 is 0 Å². The van der Waals surface area contributed by atoms with Crippen molar-refractivity contribution in [2.75, 3.05) is 30.9 Å². The van der Waals surface area contributed by atoms with E-state index in [4.69, 9.17) is 4.74 Å². The summed E-state index contributed by atoms with van der Waals surface area (Å²) in [5, 5.41) is 0. The van der Waals surface area contributed by atoms with Crippen LogP contribution in [0, 0.1) is 0 Å². The molecule has 0 radical (unpaired) electrons. The van der Waals surface area contributed by atoms with Gasteiger partial charge >= 0.3 is 0 Å². The number of fused-ring (bicyclic) bond motifs is 1. The number of thiol groups is 1. The summed E-state index contributed by atoms with van der Waals surface area (Å²) < 4.78 is 7.96. The first-order valence-corrected chi connectivity index (χ1v) is 8.16. The Labute approximate surface area is 137 Å². The van der Waals surface area contributed by atoms with Crippen LogP contribution in [-0.4, -0.2) is 26.0 Å². The maximum atomic E-state index is 5.76. The Morgan fingerprint density at radius 2 is 2.18 bits per heavy atom. The summed E-state index contributed by atoms with van der Waals surface area (Å²) in [6, 6.07) is 12.6. The molecule has 0 unspecified atom stereocenters. The third-order valence-corrected chi connectivity index (χ3v) is 4.04. The Morgan fingerprint density at radius 1 is 1.27 bits per heavy atom. The fourth-order valence-corrected chi connectivity index (χ4v) is 2.83. The highest BCUT2D eigenvalue weighted by atomic mass is 32.1. The number of aromatic nitrogens is 1. The number of pyridine rings is 1. The normalized spacial score (nSPS) is 14.0. The van der Waals surface area contributed by atoms with Gasteiger partial charge in [0.15, 0.2) is 12.7 Å². The lowest BCUT2D eigenvalue weighted by molar-refractivity contribution is -0.694. The Hall–Kier alpha value is -1.94. The fourth-order valence-electron chi connectivity index (χ4n) is 2.61. The van der Waals surface area contributed by atoms with Gasteiger partial charge in [-0.1, -0.05) is 6.07 Å². The van der Waals surface area contributed by atoms with Crippen LogP contribution < -0.4 is 14.2 Å². The lowest BCUT2D eigenvalue weighted by atomic mass is 10.1. The quantitative estimate of drug-likeness (QED) is 0.690. The third-order valence-electron chi connectivity index (χ3n) is 3.84. The summed E-state index contributed by atoms with van der Waals surface area (Å²) in [5.74, 6) is 1.79. The lowest BCUT2D eigenvalue weighted by Crippen LogP contribution is -2.37. The van der Waals surface area contributed by atoms with Crippen molar-refractivity contribution in [2.45, 2.75) is 6.54 Å². The van der Waals surface area contributed by atoms with Crippen molar-refractivity contribution in [2.24, 2.45) is 0 Å². The maximum Gasteiger partial charge on any atom is 0.205 e. The first-order chi connectivity index (χ1) is 10.8. The zero-order valence-electron chi connectivity index (χ0n) is 12.8. The molecule has 2 heterocycles. The maximum absolute atomic E-state index is 5.76. The Morgan fingerprint density at radius 3 is 3.05 bits per heavy atom. The average molecular weight is 313 g/mol. The number of rotatable bonds is 4. The van der Waals surface area contributed by atoms with Gasteiger partial charge in [-0.3, -0.25) is 0 Å². The second-order valence-electron chi connectivity index (χ2n) is 5.37. The highest BCUT2D eigenvalue weighted by Crippen LogP contribution is 2.31. The second kappa shape index (κ2) is 6.88. The predicted octanol–water partition coefficient (Wildman–Crippen LogP) is 2.90. The van der Waals surface area contributed by atoms with Gasteiger partial charge in [-0.05, 0) is 29.8 Å². The van der Waals surface area contributed by atoms with Crippen molar-refractivity contribution in [1.29, 1.82) is 0 Å². The highest BCUT2D eigenvalue weighted by Gasteiger charge is 2.14. The average Bonchev–Trinajstić information content (AvgIpc) is 2.54. The van der Waals surface area contributed by atoms with E-state index in [0.717, 1.165) is 42.4 Å². The topological polar surface area (TPSA) is 16.4 Å². The molecule has 4 heteroatoms. The molecule has 1 aromatic heterocycles. The number of benzene rings is 1. The van der Waals surface area contributed by atoms with E-state index in [2.05, 4.69) is 77.8 Å². The van der Waals surface area contributed by atoms with Gasteiger partial charge in [0, 0.05) is 31.0 Å². The summed E-state index contributed by atoms with van der Waals surface area (Å²) in [6.07, 6.45) is 6.35. The van der Waals surface area contributed by atoms with Crippen LogP contribution in [-0.2, 0) is 6.54 Å². The number of hydrogen-bond acceptors (Lipinski definition) is 3. The van der Waals surface area contributed by atoms with Crippen LogP contribution in [0.5, 0.6) is 5.75 Å². The monoisotopic (exact) mass is 313 g/mol. The van der Waals surface area contributed by atoms with Gasteiger partial charge < -0.3 is 9.64 Å². The second-order valence-corrected chi connectivity index (χ2v) is 5.82. The molecule has 3 nitrogen and oxygen atoms in total. The van der Waals surface area contributed by atoms with Crippen molar-refractivity contribution in [3.63, 3.8) is 0 Å². The molecule has 0 aliphatic carbocycles. The zero-order valence-corrected chi connectivity index (χ0v) is 13.7. The minimum atomic E-state index is 0.747. The summed E-state index contributed by atoms with van der Waals surface area (Å²) >= 11 is 4.31. The molecule has 0 fully saturated rings. The molecule has 0 saturated heterocycles. The zero-order chi connectivity index (χ0) is 15.4. The molecule has 2 aromatic rings. The highest BCUT2D eigenvalue weighted by molar-refractivity contribution is 7.80. The van der Waals surface area contributed by atoms with E-state index in [1.807, 2.05) is 6.07 Å². The molecule has 0 bridgehead atoms. The molecule has 114 valence electrons. The number of hydrogen-bond donors (Lipinski definition) is 1. The number of aryl methyl sites for hydroxylation is 1. The molecule has 0 saturated carbocycles. The van der Waals surface area contributed by atoms with E-state index in [1.54, 1.807) is 0 Å². The van der Waals surface area contributed by atoms with Crippen LogP contribution in [0.1, 0.15) is 11.3 Å². The molecular formula is C18H21N2OS+. The number of nitrogens with zero attached hydrogens (tertiary/aromatic N) is 2. The van der Waals surface area contributed by atoms with Crippen LogP contribution in [0.4, 0.5) is 5.69 Å². The van der Waals surface area contributed by atoms with Gasteiger partial charge in [-0.15, -0.1) is 0 Å². The predicted molar refractivity (Wildman–Crippen MR) is 94.6 cm³/mol.